The Balaban J connectivity index is 2.59. The van der Waals surface area contributed by atoms with Crippen LogP contribution >= 0.6 is 0 Å². The molecule has 1 N–H and O–H groups in total. The van der Waals surface area contributed by atoms with Crippen LogP contribution in [0.4, 0.5) is 5.69 Å². The average molecular weight is 231 g/mol. The maximum atomic E-state index is 9.03. The number of hydrogen-bond acceptors (Lipinski definition) is 3. The van der Waals surface area contributed by atoms with Crippen LogP contribution in [0.2, 0.25) is 0 Å². The quantitative estimate of drug-likeness (QED) is 0.864. The lowest BCUT2D eigenvalue weighted by Gasteiger charge is -2.25. The van der Waals surface area contributed by atoms with E-state index in [0.717, 1.165) is 24.3 Å². The van der Waals surface area contributed by atoms with Crippen LogP contribution in [0, 0.1) is 11.3 Å². The summed E-state index contributed by atoms with van der Waals surface area (Å²) in [6.07, 6.45) is 0. The van der Waals surface area contributed by atoms with Gasteiger partial charge in [-0.1, -0.05) is 12.1 Å². The SMILES string of the molecule is CN(CCNC(C)(C)C)c1ccccc1C#N. The van der Waals surface area contributed by atoms with E-state index >= 15 is 0 Å². The Morgan fingerprint density at radius 1 is 1.29 bits per heavy atom. The van der Waals surface area contributed by atoms with Crippen molar-refractivity contribution in [3.8, 4) is 6.07 Å². The Kier molecular flexibility index (Phi) is 4.53. The van der Waals surface area contributed by atoms with Gasteiger partial charge in [-0.3, -0.25) is 0 Å². The van der Waals surface area contributed by atoms with Crippen molar-refractivity contribution in [3.63, 3.8) is 0 Å². The first-order chi connectivity index (χ1) is 7.94. The molecule has 0 amide bonds. The van der Waals surface area contributed by atoms with Gasteiger partial charge in [-0.05, 0) is 32.9 Å². The predicted molar refractivity (Wildman–Crippen MR) is 72.2 cm³/mol. The van der Waals surface area contributed by atoms with E-state index in [1.807, 2.05) is 31.3 Å². The third-order valence-corrected chi connectivity index (χ3v) is 2.54. The van der Waals surface area contributed by atoms with Crippen LogP contribution < -0.4 is 10.2 Å². The molecule has 0 unspecified atom stereocenters. The van der Waals surface area contributed by atoms with Crippen LogP contribution in [0.15, 0.2) is 24.3 Å². The topological polar surface area (TPSA) is 39.1 Å². The summed E-state index contributed by atoms with van der Waals surface area (Å²) in [6.45, 7) is 8.23. The van der Waals surface area contributed by atoms with Gasteiger partial charge in [0.2, 0.25) is 0 Å². The van der Waals surface area contributed by atoms with E-state index < -0.39 is 0 Å². The van der Waals surface area contributed by atoms with E-state index in [4.69, 9.17) is 5.26 Å². The molecule has 0 aromatic heterocycles. The Morgan fingerprint density at radius 2 is 1.94 bits per heavy atom. The molecule has 0 radical (unpaired) electrons. The summed E-state index contributed by atoms with van der Waals surface area (Å²) in [6, 6.07) is 9.91. The average Bonchev–Trinajstić information content (AvgIpc) is 2.27. The number of rotatable bonds is 4. The summed E-state index contributed by atoms with van der Waals surface area (Å²) < 4.78 is 0. The van der Waals surface area contributed by atoms with E-state index in [9.17, 15) is 0 Å². The Morgan fingerprint density at radius 3 is 2.53 bits per heavy atom. The van der Waals surface area contributed by atoms with Crippen molar-refractivity contribution in [1.29, 1.82) is 5.26 Å². The van der Waals surface area contributed by atoms with E-state index in [0.29, 0.717) is 0 Å². The smallest absolute Gasteiger partial charge is 0.101 e. The van der Waals surface area contributed by atoms with Crippen molar-refractivity contribution < 1.29 is 0 Å². The highest BCUT2D eigenvalue weighted by atomic mass is 15.1. The number of benzene rings is 1. The summed E-state index contributed by atoms with van der Waals surface area (Å²) >= 11 is 0. The zero-order valence-corrected chi connectivity index (χ0v) is 11.1. The second-order valence-electron chi connectivity index (χ2n) is 5.23. The highest BCUT2D eigenvalue weighted by Crippen LogP contribution is 2.17. The van der Waals surface area contributed by atoms with Gasteiger partial charge in [0.05, 0.1) is 11.3 Å². The second kappa shape index (κ2) is 5.70. The van der Waals surface area contributed by atoms with E-state index in [-0.39, 0.29) is 5.54 Å². The van der Waals surface area contributed by atoms with Gasteiger partial charge in [-0.2, -0.15) is 5.26 Å². The monoisotopic (exact) mass is 231 g/mol. The molecule has 17 heavy (non-hydrogen) atoms. The van der Waals surface area contributed by atoms with Crippen molar-refractivity contribution in [2.75, 3.05) is 25.0 Å². The minimum absolute atomic E-state index is 0.135. The van der Waals surface area contributed by atoms with Crippen molar-refractivity contribution in [3.05, 3.63) is 29.8 Å². The van der Waals surface area contributed by atoms with E-state index in [2.05, 4.69) is 37.1 Å². The van der Waals surface area contributed by atoms with Crippen molar-refractivity contribution in [2.24, 2.45) is 0 Å². The highest BCUT2D eigenvalue weighted by molar-refractivity contribution is 5.58. The van der Waals surface area contributed by atoms with Crippen LogP contribution in [-0.4, -0.2) is 25.7 Å². The van der Waals surface area contributed by atoms with Gasteiger partial charge in [0.15, 0.2) is 0 Å². The van der Waals surface area contributed by atoms with Gasteiger partial charge >= 0.3 is 0 Å². The Bertz CT molecular complexity index is 399. The normalized spacial score (nSPS) is 11.0. The Labute approximate surface area is 104 Å². The van der Waals surface area contributed by atoms with Crippen LogP contribution in [0.5, 0.6) is 0 Å². The van der Waals surface area contributed by atoms with Crippen LogP contribution in [0.3, 0.4) is 0 Å². The number of likely N-dealkylation sites (N-methyl/N-ethyl adjacent to an activating group) is 1. The fourth-order valence-corrected chi connectivity index (χ4v) is 1.62. The first-order valence-corrected chi connectivity index (χ1v) is 5.89. The number of nitriles is 1. The summed E-state index contributed by atoms with van der Waals surface area (Å²) in [4.78, 5) is 2.11. The fourth-order valence-electron chi connectivity index (χ4n) is 1.62. The molecule has 0 fully saturated rings. The largest absolute Gasteiger partial charge is 0.372 e. The number of para-hydroxylation sites is 1. The second-order valence-corrected chi connectivity index (χ2v) is 5.23. The lowest BCUT2D eigenvalue weighted by atomic mass is 10.1. The molecule has 1 aromatic carbocycles. The molecule has 0 atom stereocenters. The molecule has 0 bridgehead atoms. The molecule has 0 aliphatic heterocycles. The highest BCUT2D eigenvalue weighted by Gasteiger charge is 2.10. The number of nitrogens with zero attached hydrogens (tertiary/aromatic N) is 2. The predicted octanol–water partition coefficient (Wildman–Crippen LogP) is 2.38. The van der Waals surface area contributed by atoms with Crippen LogP contribution in [0.1, 0.15) is 26.3 Å². The van der Waals surface area contributed by atoms with Gasteiger partial charge < -0.3 is 10.2 Å². The molecule has 0 aliphatic carbocycles. The number of hydrogen-bond donors (Lipinski definition) is 1. The molecule has 0 heterocycles. The van der Waals surface area contributed by atoms with E-state index in [1.54, 1.807) is 0 Å². The minimum atomic E-state index is 0.135. The van der Waals surface area contributed by atoms with Crippen LogP contribution in [0.25, 0.3) is 0 Å². The van der Waals surface area contributed by atoms with Crippen molar-refractivity contribution >= 4 is 5.69 Å². The molecule has 92 valence electrons. The van der Waals surface area contributed by atoms with Crippen molar-refractivity contribution in [2.45, 2.75) is 26.3 Å². The molecule has 3 nitrogen and oxygen atoms in total. The molecule has 0 saturated heterocycles. The van der Waals surface area contributed by atoms with E-state index in [1.165, 1.54) is 0 Å². The maximum Gasteiger partial charge on any atom is 0.101 e. The molecule has 1 rings (SSSR count). The molecule has 0 saturated carbocycles. The van der Waals surface area contributed by atoms with Crippen molar-refractivity contribution in [1.82, 2.24) is 5.32 Å². The third kappa shape index (κ3) is 4.46. The van der Waals surface area contributed by atoms with Gasteiger partial charge in [-0.25, -0.2) is 0 Å². The van der Waals surface area contributed by atoms with Gasteiger partial charge in [-0.15, -0.1) is 0 Å². The van der Waals surface area contributed by atoms with Gasteiger partial charge in [0.1, 0.15) is 6.07 Å². The first kappa shape index (κ1) is 13.5. The molecular formula is C14H21N3. The van der Waals surface area contributed by atoms with Gasteiger partial charge in [0, 0.05) is 25.7 Å². The maximum absolute atomic E-state index is 9.03. The summed E-state index contributed by atoms with van der Waals surface area (Å²) in [5.74, 6) is 0. The van der Waals surface area contributed by atoms with Crippen LogP contribution in [-0.2, 0) is 0 Å². The third-order valence-electron chi connectivity index (χ3n) is 2.54. The van der Waals surface area contributed by atoms with Gasteiger partial charge in [0.25, 0.3) is 0 Å². The molecule has 0 spiro atoms. The lowest BCUT2D eigenvalue weighted by Crippen LogP contribution is -2.40. The number of nitrogens with one attached hydrogen (secondary N) is 1. The molecule has 0 aliphatic rings. The molecular weight excluding hydrogens is 210 g/mol. The first-order valence-electron chi connectivity index (χ1n) is 5.89. The summed E-state index contributed by atoms with van der Waals surface area (Å²) in [5, 5.41) is 12.5. The Hall–Kier alpha value is -1.53. The molecule has 1 aromatic rings. The minimum Gasteiger partial charge on any atom is -0.372 e. The lowest BCUT2D eigenvalue weighted by molar-refractivity contribution is 0.431. The zero-order chi connectivity index (χ0) is 12.9. The summed E-state index contributed by atoms with van der Waals surface area (Å²) in [7, 11) is 2.01. The number of anilines is 1. The zero-order valence-electron chi connectivity index (χ0n) is 11.1. The summed E-state index contributed by atoms with van der Waals surface area (Å²) in [5.41, 5.74) is 1.85. The fraction of sp³-hybridized carbons (Fsp3) is 0.500. The standard InChI is InChI=1S/C14H21N3/c1-14(2,3)16-9-10-17(4)13-8-6-5-7-12(13)11-15/h5-8,16H,9-10H2,1-4H3. The molecule has 3 heteroatoms.